The van der Waals surface area contributed by atoms with Crippen LogP contribution in [0.5, 0.6) is 0 Å². The second-order valence-electron chi connectivity index (χ2n) is 5.71. The second kappa shape index (κ2) is 7.57. The summed E-state index contributed by atoms with van der Waals surface area (Å²) in [5.74, 6) is -0.603. The third kappa shape index (κ3) is 4.00. The number of carbonyl (C=O) groups is 2. The van der Waals surface area contributed by atoms with Crippen LogP contribution in [0.4, 0.5) is 0 Å². The van der Waals surface area contributed by atoms with Crippen LogP contribution in [-0.2, 0) is 20.9 Å². The summed E-state index contributed by atoms with van der Waals surface area (Å²) in [5.41, 5.74) is 0.815. The molecule has 1 amide bonds. The van der Waals surface area contributed by atoms with E-state index in [0.29, 0.717) is 5.39 Å². The van der Waals surface area contributed by atoms with E-state index in [4.69, 9.17) is 0 Å². The summed E-state index contributed by atoms with van der Waals surface area (Å²) in [6.45, 7) is 5.84. The molecule has 130 valence electrons. The fraction of sp³-hybridized carbons (Fsp3) is 0.500. The first-order chi connectivity index (χ1) is 11.3. The van der Waals surface area contributed by atoms with Crippen LogP contribution < -0.4 is 10.9 Å². The lowest BCUT2D eigenvalue weighted by molar-refractivity contribution is -0.141. The van der Waals surface area contributed by atoms with Crippen LogP contribution in [0.3, 0.4) is 0 Å². The molecule has 2 aromatic heterocycles. The number of aromatic nitrogens is 2. The van der Waals surface area contributed by atoms with Gasteiger partial charge in [0.05, 0.1) is 25.2 Å². The van der Waals surface area contributed by atoms with E-state index in [1.54, 1.807) is 6.92 Å². The highest BCUT2D eigenvalue weighted by Crippen LogP contribution is 2.25. The van der Waals surface area contributed by atoms with Crippen molar-refractivity contribution < 1.29 is 14.3 Å². The van der Waals surface area contributed by atoms with E-state index in [0.717, 1.165) is 15.3 Å². The van der Waals surface area contributed by atoms with Gasteiger partial charge in [-0.3, -0.25) is 19.0 Å². The molecular formula is C16H21N3O4S. The summed E-state index contributed by atoms with van der Waals surface area (Å²) >= 11 is 1.49. The second-order valence-corrected chi connectivity index (χ2v) is 6.91. The summed E-state index contributed by atoms with van der Waals surface area (Å²) in [6.07, 6.45) is 1.73. The lowest BCUT2D eigenvalue weighted by Crippen LogP contribution is -2.35. The van der Waals surface area contributed by atoms with Gasteiger partial charge in [0.25, 0.3) is 5.56 Å². The maximum Gasteiger partial charge on any atom is 0.307 e. The van der Waals surface area contributed by atoms with Gasteiger partial charge in [-0.1, -0.05) is 0 Å². The Kier molecular flexibility index (Phi) is 5.71. The van der Waals surface area contributed by atoms with E-state index in [2.05, 4.69) is 15.0 Å². The van der Waals surface area contributed by atoms with Crippen LogP contribution in [0.2, 0.25) is 0 Å². The number of fused-ring (bicyclic) bond motifs is 1. The summed E-state index contributed by atoms with van der Waals surface area (Å²) in [6, 6.07) is -0.316. The number of ether oxygens (including phenoxy) is 1. The molecule has 0 aliphatic carbocycles. The van der Waals surface area contributed by atoms with Gasteiger partial charge in [0.2, 0.25) is 5.91 Å². The predicted octanol–water partition coefficient (Wildman–Crippen LogP) is 1.53. The Hall–Kier alpha value is -2.22. The van der Waals surface area contributed by atoms with Gasteiger partial charge in [0, 0.05) is 23.9 Å². The average Bonchev–Trinajstić information content (AvgIpc) is 2.81. The lowest BCUT2D eigenvalue weighted by atomic mass is 10.2. The van der Waals surface area contributed by atoms with E-state index >= 15 is 0 Å². The number of rotatable bonds is 6. The molecule has 1 N–H and O–H groups in total. The van der Waals surface area contributed by atoms with Crippen LogP contribution in [0.15, 0.2) is 11.1 Å². The van der Waals surface area contributed by atoms with Crippen LogP contribution in [0.25, 0.3) is 10.2 Å². The molecule has 2 rings (SSSR count). The number of nitrogens with zero attached hydrogens (tertiary/aromatic N) is 2. The Bertz CT molecular complexity index is 825. The Morgan fingerprint density at radius 2 is 2.12 bits per heavy atom. The molecule has 0 bridgehead atoms. The van der Waals surface area contributed by atoms with E-state index in [1.165, 1.54) is 29.3 Å². The summed E-state index contributed by atoms with van der Waals surface area (Å²) in [7, 11) is 1.31. The van der Waals surface area contributed by atoms with Gasteiger partial charge in [-0.05, 0) is 26.3 Å². The zero-order chi connectivity index (χ0) is 17.9. The minimum Gasteiger partial charge on any atom is -0.469 e. The molecule has 0 saturated heterocycles. The molecule has 0 aliphatic rings. The minimum absolute atomic E-state index is 0.114. The van der Waals surface area contributed by atoms with Crippen LogP contribution in [0, 0.1) is 13.8 Å². The van der Waals surface area contributed by atoms with Crippen molar-refractivity contribution in [1.29, 1.82) is 0 Å². The lowest BCUT2D eigenvalue weighted by Gasteiger charge is -2.13. The number of esters is 1. The van der Waals surface area contributed by atoms with Gasteiger partial charge in [0.1, 0.15) is 4.83 Å². The molecule has 2 aromatic rings. The van der Waals surface area contributed by atoms with Gasteiger partial charge < -0.3 is 10.1 Å². The largest absolute Gasteiger partial charge is 0.469 e. The Balaban J connectivity index is 2.02. The van der Waals surface area contributed by atoms with Crippen molar-refractivity contribution in [1.82, 2.24) is 14.9 Å². The van der Waals surface area contributed by atoms with Crippen LogP contribution >= 0.6 is 11.3 Å². The summed E-state index contributed by atoms with van der Waals surface area (Å²) in [5, 5.41) is 3.34. The molecular weight excluding hydrogens is 330 g/mol. The number of hydrogen-bond acceptors (Lipinski definition) is 6. The number of methoxy groups -OCH3 is 1. The first kappa shape index (κ1) is 18.1. The number of nitrogens with one attached hydrogen (secondary N) is 1. The highest BCUT2D eigenvalue weighted by Gasteiger charge is 2.14. The molecule has 0 spiro atoms. The molecule has 7 nitrogen and oxygen atoms in total. The van der Waals surface area contributed by atoms with E-state index in [9.17, 15) is 14.4 Å². The zero-order valence-corrected chi connectivity index (χ0v) is 15.0. The smallest absolute Gasteiger partial charge is 0.307 e. The topological polar surface area (TPSA) is 90.3 Å². The zero-order valence-electron chi connectivity index (χ0n) is 14.2. The van der Waals surface area contributed by atoms with Crippen molar-refractivity contribution in [2.24, 2.45) is 0 Å². The van der Waals surface area contributed by atoms with Crippen LogP contribution in [0.1, 0.15) is 30.2 Å². The van der Waals surface area contributed by atoms with Gasteiger partial charge in [-0.15, -0.1) is 11.3 Å². The van der Waals surface area contributed by atoms with Gasteiger partial charge in [-0.2, -0.15) is 0 Å². The standard InChI is InChI=1S/C16H21N3O4S/c1-9(7-13(21)23-4)18-12(20)5-6-19-8-17-15-14(16(19)22)10(2)11(3)24-15/h8-9H,5-7H2,1-4H3,(H,18,20). The SMILES string of the molecule is COC(=O)CC(C)NC(=O)CCn1cnc2sc(C)c(C)c2c1=O. The van der Waals surface area contributed by atoms with Crippen molar-refractivity contribution in [2.45, 2.75) is 46.2 Å². The number of thiophene rings is 1. The molecule has 0 aromatic carbocycles. The molecule has 0 aliphatic heterocycles. The molecule has 0 radical (unpaired) electrons. The Morgan fingerprint density at radius 3 is 2.79 bits per heavy atom. The monoisotopic (exact) mass is 351 g/mol. The first-order valence-corrected chi connectivity index (χ1v) is 8.46. The van der Waals surface area contributed by atoms with Crippen molar-refractivity contribution >= 4 is 33.4 Å². The molecule has 0 saturated carbocycles. The van der Waals surface area contributed by atoms with E-state index in [-0.39, 0.29) is 42.9 Å². The average molecular weight is 351 g/mol. The molecule has 2 heterocycles. The van der Waals surface area contributed by atoms with Gasteiger partial charge >= 0.3 is 5.97 Å². The third-order valence-corrected chi connectivity index (χ3v) is 4.96. The summed E-state index contributed by atoms with van der Waals surface area (Å²) < 4.78 is 6.01. The molecule has 1 unspecified atom stereocenters. The summed E-state index contributed by atoms with van der Waals surface area (Å²) in [4.78, 5) is 41.7. The van der Waals surface area contributed by atoms with Crippen molar-refractivity contribution in [3.8, 4) is 0 Å². The van der Waals surface area contributed by atoms with Gasteiger partial charge in [0.15, 0.2) is 0 Å². The molecule has 24 heavy (non-hydrogen) atoms. The number of aryl methyl sites for hydroxylation is 3. The fourth-order valence-corrected chi connectivity index (χ4v) is 3.37. The fourth-order valence-electron chi connectivity index (χ4n) is 2.38. The highest BCUT2D eigenvalue weighted by molar-refractivity contribution is 7.18. The molecule has 8 heteroatoms. The first-order valence-electron chi connectivity index (χ1n) is 7.64. The van der Waals surface area contributed by atoms with E-state index in [1.807, 2.05) is 13.8 Å². The Morgan fingerprint density at radius 1 is 1.42 bits per heavy atom. The van der Waals surface area contributed by atoms with Crippen molar-refractivity contribution in [2.75, 3.05) is 7.11 Å². The van der Waals surface area contributed by atoms with Gasteiger partial charge in [-0.25, -0.2) is 4.98 Å². The number of amides is 1. The maximum absolute atomic E-state index is 12.5. The molecule has 1 atom stereocenters. The quantitative estimate of drug-likeness (QED) is 0.797. The normalized spacial score (nSPS) is 12.2. The van der Waals surface area contributed by atoms with Crippen molar-refractivity contribution in [3.05, 3.63) is 27.1 Å². The Labute approximate surface area is 143 Å². The van der Waals surface area contributed by atoms with Crippen LogP contribution in [-0.4, -0.2) is 34.6 Å². The number of carbonyl (C=O) groups excluding carboxylic acids is 2. The maximum atomic E-state index is 12.5. The van der Waals surface area contributed by atoms with Crippen molar-refractivity contribution in [3.63, 3.8) is 0 Å². The minimum atomic E-state index is -0.378. The molecule has 0 fully saturated rings. The third-order valence-electron chi connectivity index (χ3n) is 3.84. The predicted molar refractivity (Wildman–Crippen MR) is 92.2 cm³/mol. The van der Waals surface area contributed by atoms with E-state index < -0.39 is 0 Å². The highest BCUT2D eigenvalue weighted by atomic mass is 32.1. The number of hydrogen-bond donors (Lipinski definition) is 1.